The third kappa shape index (κ3) is 2.06. The maximum Gasteiger partial charge on any atom is 0.185 e. The number of nitrogens with zero attached hydrogens (tertiary/aromatic N) is 1. The number of ketones is 1. The first-order chi connectivity index (χ1) is 6.86. The van der Waals surface area contributed by atoms with Gasteiger partial charge in [-0.15, -0.1) is 0 Å². The Labute approximate surface area is 86.2 Å². The van der Waals surface area contributed by atoms with Crippen LogP contribution in [0.1, 0.15) is 16.1 Å². The first kappa shape index (κ1) is 9.09. The monoisotopic (exact) mass is 203 g/mol. The van der Waals surface area contributed by atoms with Crippen molar-refractivity contribution in [3.05, 3.63) is 52.5 Å². The summed E-state index contributed by atoms with van der Waals surface area (Å²) in [6.07, 6.45) is 2.08. The first-order valence-corrected chi connectivity index (χ1v) is 5.26. The first-order valence-electron chi connectivity index (χ1n) is 4.31. The van der Waals surface area contributed by atoms with Crippen molar-refractivity contribution in [2.24, 2.45) is 0 Å². The lowest BCUT2D eigenvalue weighted by Crippen LogP contribution is -2.04. The molecule has 2 rings (SSSR count). The molecule has 70 valence electrons. The minimum atomic E-state index is 0.0731. The summed E-state index contributed by atoms with van der Waals surface area (Å²) in [7, 11) is 0. The van der Waals surface area contributed by atoms with Crippen LogP contribution in [-0.4, -0.2) is 10.8 Å². The quantitative estimate of drug-likeness (QED) is 0.717. The molecule has 0 aliphatic rings. The van der Waals surface area contributed by atoms with Gasteiger partial charge in [0.1, 0.15) is 5.69 Å². The van der Waals surface area contributed by atoms with Crippen molar-refractivity contribution >= 4 is 17.1 Å². The summed E-state index contributed by atoms with van der Waals surface area (Å²) >= 11 is 1.60. The lowest BCUT2D eigenvalue weighted by molar-refractivity contribution is 0.0988. The van der Waals surface area contributed by atoms with Gasteiger partial charge in [0, 0.05) is 12.6 Å². The molecule has 0 saturated carbocycles. The van der Waals surface area contributed by atoms with Crippen molar-refractivity contribution in [1.82, 2.24) is 4.98 Å². The van der Waals surface area contributed by atoms with Crippen LogP contribution in [0.2, 0.25) is 0 Å². The Bertz CT molecular complexity index is 408. The molecule has 14 heavy (non-hydrogen) atoms. The third-order valence-corrected chi connectivity index (χ3v) is 2.63. The maximum absolute atomic E-state index is 11.7. The van der Waals surface area contributed by atoms with Crippen LogP contribution in [0.4, 0.5) is 0 Å². The number of hydrogen-bond acceptors (Lipinski definition) is 3. The molecular formula is C11H9NOS. The normalized spacial score (nSPS) is 10.0. The highest BCUT2D eigenvalue weighted by Crippen LogP contribution is 2.09. The van der Waals surface area contributed by atoms with Crippen molar-refractivity contribution in [1.29, 1.82) is 0 Å². The molecular weight excluding hydrogens is 194 g/mol. The Balaban J connectivity index is 2.11. The van der Waals surface area contributed by atoms with Gasteiger partial charge in [-0.3, -0.25) is 9.78 Å². The van der Waals surface area contributed by atoms with Crippen LogP contribution in [0.5, 0.6) is 0 Å². The molecule has 0 N–H and O–H groups in total. The molecule has 0 fully saturated rings. The zero-order valence-electron chi connectivity index (χ0n) is 7.51. The molecule has 0 aliphatic carbocycles. The molecule has 0 amide bonds. The predicted octanol–water partition coefficient (Wildman–Crippen LogP) is 2.57. The molecule has 0 aromatic carbocycles. The highest BCUT2D eigenvalue weighted by atomic mass is 32.1. The van der Waals surface area contributed by atoms with Gasteiger partial charge in [-0.1, -0.05) is 6.07 Å². The summed E-state index contributed by atoms with van der Waals surface area (Å²) in [5, 5.41) is 3.96. The van der Waals surface area contributed by atoms with Crippen molar-refractivity contribution in [3.8, 4) is 0 Å². The molecule has 0 unspecified atom stereocenters. The number of carbonyl (C=O) groups is 1. The standard InChI is InChI=1S/C11H9NOS/c13-11(7-9-4-6-14-8-9)10-3-1-2-5-12-10/h1-6,8H,7H2. The summed E-state index contributed by atoms with van der Waals surface area (Å²) in [4.78, 5) is 15.7. The number of carbonyl (C=O) groups excluding carboxylic acids is 1. The molecule has 0 atom stereocenters. The Kier molecular flexibility index (Phi) is 2.70. The number of rotatable bonds is 3. The van der Waals surface area contributed by atoms with Gasteiger partial charge in [0.2, 0.25) is 0 Å². The molecule has 0 saturated heterocycles. The van der Waals surface area contributed by atoms with E-state index < -0.39 is 0 Å². The van der Waals surface area contributed by atoms with E-state index in [4.69, 9.17) is 0 Å². The van der Waals surface area contributed by atoms with E-state index in [0.29, 0.717) is 12.1 Å². The maximum atomic E-state index is 11.7. The zero-order chi connectivity index (χ0) is 9.80. The SMILES string of the molecule is O=C(Cc1ccsc1)c1ccccn1. The van der Waals surface area contributed by atoms with Crippen LogP contribution in [0.15, 0.2) is 41.2 Å². The van der Waals surface area contributed by atoms with Crippen LogP contribution >= 0.6 is 11.3 Å². The minimum absolute atomic E-state index is 0.0731. The van der Waals surface area contributed by atoms with Gasteiger partial charge in [0.15, 0.2) is 5.78 Å². The van der Waals surface area contributed by atoms with Crippen molar-refractivity contribution in [2.75, 3.05) is 0 Å². The number of Topliss-reactive ketones (excluding diaryl/α,β-unsaturated/α-hetero) is 1. The summed E-state index contributed by atoms with van der Waals surface area (Å²) in [6.45, 7) is 0. The van der Waals surface area contributed by atoms with Crippen LogP contribution in [-0.2, 0) is 6.42 Å². The zero-order valence-corrected chi connectivity index (χ0v) is 8.33. The van der Waals surface area contributed by atoms with Gasteiger partial charge < -0.3 is 0 Å². The van der Waals surface area contributed by atoms with Crippen LogP contribution in [0, 0.1) is 0 Å². The summed E-state index contributed by atoms with van der Waals surface area (Å²) in [5.41, 5.74) is 1.60. The van der Waals surface area contributed by atoms with Gasteiger partial charge in [0.25, 0.3) is 0 Å². The van der Waals surface area contributed by atoms with E-state index in [2.05, 4.69) is 4.98 Å². The average molecular weight is 203 g/mol. The highest BCUT2D eigenvalue weighted by molar-refractivity contribution is 7.08. The largest absolute Gasteiger partial charge is 0.292 e. The molecule has 2 aromatic heterocycles. The summed E-state index contributed by atoms with van der Waals surface area (Å²) < 4.78 is 0. The van der Waals surface area contributed by atoms with Gasteiger partial charge in [0.05, 0.1) is 0 Å². The molecule has 2 nitrogen and oxygen atoms in total. The Morgan fingerprint density at radius 2 is 2.29 bits per heavy atom. The lowest BCUT2D eigenvalue weighted by atomic mass is 10.1. The van der Waals surface area contributed by atoms with E-state index in [0.717, 1.165) is 5.56 Å². The van der Waals surface area contributed by atoms with Crippen molar-refractivity contribution in [3.63, 3.8) is 0 Å². The summed E-state index contributed by atoms with van der Waals surface area (Å²) in [6, 6.07) is 7.34. The number of aromatic nitrogens is 1. The second-order valence-corrected chi connectivity index (χ2v) is 3.73. The molecule has 2 aromatic rings. The van der Waals surface area contributed by atoms with Gasteiger partial charge >= 0.3 is 0 Å². The fourth-order valence-corrected chi connectivity index (χ4v) is 1.87. The van der Waals surface area contributed by atoms with E-state index in [1.54, 1.807) is 29.7 Å². The van der Waals surface area contributed by atoms with Gasteiger partial charge in [-0.05, 0) is 34.5 Å². The second kappa shape index (κ2) is 4.15. The van der Waals surface area contributed by atoms with E-state index in [9.17, 15) is 4.79 Å². The van der Waals surface area contributed by atoms with Crippen LogP contribution < -0.4 is 0 Å². The van der Waals surface area contributed by atoms with E-state index in [1.807, 2.05) is 22.9 Å². The fraction of sp³-hybridized carbons (Fsp3) is 0.0909. The topological polar surface area (TPSA) is 30.0 Å². The van der Waals surface area contributed by atoms with Crippen LogP contribution in [0.3, 0.4) is 0 Å². The molecule has 0 radical (unpaired) electrons. The van der Waals surface area contributed by atoms with E-state index in [1.165, 1.54) is 0 Å². The molecule has 3 heteroatoms. The van der Waals surface area contributed by atoms with Gasteiger partial charge in [-0.25, -0.2) is 0 Å². The predicted molar refractivity (Wildman–Crippen MR) is 56.6 cm³/mol. The molecule has 0 bridgehead atoms. The van der Waals surface area contributed by atoms with Crippen molar-refractivity contribution in [2.45, 2.75) is 6.42 Å². The minimum Gasteiger partial charge on any atom is -0.292 e. The van der Waals surface area contributed by atoms with E-state index in [-0.39, 0.29) is 5.78 Å². The van der Waals surface area contributed by atoms with Crippen molar-refractivity contribution < 1.29 is 4.79 Å². The van der Waals surface area contributed by atoms with Gasteiger partial charge in [-0.2, -0.15) is 11.3 Å². The highest BCUT2D eigenvalue weighted by Gasteiger charge is 2.07. The van der Waals surface area contributed by atoms with Crippen LogP contribution in [0.25, 0.3) is 0 Å². The Hall–Kier alpha value is -1.48. The number of thiophene rings is 1. The Morgan fingerprint density at radius 3 is 2.93 bits per heavy atom. The smallest absolute Gasteiger partial charge is 0.185 e. The third-order valence-electron chi connectivity index (χ3n) is 1.90. The molecule has 0 aliphatic heterocycles. The van der Waals surface area contributed by atoms with E-state index >= 15 is 0 Å². The number of pyridine rings is 1. The fourth-order valence-electron chi connectivity index (χ4n) is 1.20. The molecule has 0 spiro atoms. The second-order valence-electron chi connectivity index (χ2n) is 2.95. The summed E-state index contributed by atoms with van der Waals surface area (Å²) in [5.74, 6) is 0.0731. The lowest BCUT2D eigenvalue weighted by Gasteiger charge is -1.96. The number of hydrogen-bond donors (Lipinski definition) is 0. The average Bonchev–Trinajstić information content (AvgIpc) is 2.72. The Morgan fingerprint density at radius 1 is 1.36 bits per heavy atom. The molecule has 2 heterocycles.